The Morgan fingerprint density at radius 2 is 2.25 bits per heavy atom. The molecule has 1 aromatic carbocycles. The van der Waals surface area contributed by atoms with Gasteiger partial charge in [-0.05, 0) is 23.8 Å². The van der Waals surface area contributed by atoms with Crippen molar-refractivity contribution < 1.29 is 0 Å². The van der Waals surface area contributed by atoms with Gasteiger partial charge in [-0.15, -0.1) is 0 Å². The Hall–Kier alpha value is -0.600. The fraction of sp³-hybridized carbons (Fsp3) is 0.111. The number of rotatable bonds is 2. The van der Waals surface area contributed by atoms with Gasteiger partial charge in [-0.2, -0.15) is 12.6 Å². The zero-order valence-electron chi connectivity index (χ0n) is 6.50. The minimum atomic E-state index is 0.700. The quantitative estimate of drug-likeness (QED) is 0.556. The molecule has 0 aliphatic rings. The molecule has 0 spiro atoms. The second-order valence-electron chi connectivity index (χ2n) is 2.37. The highest BCUT2D eigenvalue weighted by Gasteiger charge is 1.95. The Bertz CT molecular complexity index is 297. The van der Waals surface area contributed by atoms with Gasteiger partial charge >= 0.3 is 0 Å². The molecule has 0 unspecified atom stereocenters. The second kappa shape index (κ2) is 4.43. The van der Waals surface area contributed by atoms with Gasteiger partial charge in [0.25, 0.3) is 0 Å². The molecular formula is C9H10ClNS. The van der Waals surface area contributed by atoms with Crippen LogP contribution in [0.2, 0.25) is 5.02 Å². The van der Waals surface area contributed by atoms with E-state index in [0.29, 0.717) is 10.8 Å². The van der Waals surface area contributed by atoms with Gasteiger partial charge in [0.2, 0.25) is 0 Å². The van der Waals surface area contributed by atoms with Crippen LogP contribution in [0.4, 0.5) is 5.69 Å². The normalized spacial score (nSPS) is 10.8. The second-order valence-corrected chi connectivity index (χ2v) is 3.14. The standard InChI is InChI=1S/C9H10ClNS/c10-9-4-3-8(11)6-7(9)2-1-5-12/h1-4,6,12H,5,11H2. The van der Waals surface area contributed by atoms with E-state index >= 15 is 0 Å². The fourth-order valence-electron chi connectivity index (χ4n) is 0.870. The van der Waals surface area contributed by atoms with Crippen LogP contribution < -0.4 is 5.73 Å². The van der Waals surface area contributed by atoms with Crippen LogP contribution in [-0.2, 0) is 0 Å². The summed E-state index contributed by atoms with van der Waals surface area (Å²) in [6.07, 6.45) is 3.83. The van der Waals surface area contributed by atoms with E-state index in [1.54, 1.807) is 12.1 Å². The third kappa shape index (κ3) is 2.47. The number of benzene rings is 1. The van der Waals surface area contributed by atoms with E-state index in [1.165, 1.54) is 0 Å². The zero-order valence-corrected chi connectivity index (χ0v) is 8.15. The lowest BCUT2D eigenvalue weighted by Crippen LogP contribution is -1.85. The summed E-state index contributed by atoms with van der Waals surface area (Å²) in [6.45, 7) is 0. The van der Waals surface area contributed by atoms with Gasteiger partial charge in [-0.1, -0.05) is 23.8 Å². The number of thiol groups is 1. The predicted molar refractivity (Wildman–Crippen MR) is 58.8 cm³/mol. The Kier molecular flexibility index (Phi) is 3.50. The molecule has 0 bridgehead atoms. The molecule has 0 heterocycles. The summed E-state index contributed by atoms with van der Waals surface area (Å²) >= 11 is 9.95. The summed E-state index contributed by atoms with van der Waals surface area (Å²) in [4.78, 5) is 0. The summed E-state index contributed by atoms with van der Waals surface area (Å²) < 4.78 is 0. The molecule has 0 saturated heterocycles. The first kappa shape index (κ1) is 9.49. The molecule has 0 radical (unpaired) electrons. The Balaban J connectivity index is 2.97. The van der Waals surface area contributed by atoms with Crippen molar-refractivity contribution in [2.75, 3.05) is 11.5 Å². The van der Waals surface area contributed by atoms with Crippen molar-refractivity contribution in [3.05, 3.63) is 34.9 Å². The number of hydrogen-bond acceptors (Lipinski definition) is 2. The largest absolute Gasteiger partial charge is 0.399 e. The van der Waals surface area contributed by atoms with Gasteiger partial charge in [0.05, 0.1) is 0 Å². The lowest BCUT2D eigenvalue weighted by molar-refractivity contribution is 1.63. The minimum Gasteiger partial charge on any atom is -0.399 e. The van der Waals surface area contributed by atoms with Crippen molar-refractivity contribution in [3.63, 3.8) is 0 Å². The molecule has 0 aliphatic heterocycles. The van der Waals surface area contributed by atoms with Gasteiger partial charge in [0.1, 0.15) is 0 Å². The molecule has 1 rings (SSSR count). The number of hydrogen-bond donors (Lipinski definition) is 2. The van der Waals surface area contributed by atoms with E-state index < -0.39 is 0 Å². The maximum Gasteiger partial charge on any atom is 0.0479 e. The SMILES string of the molecule is Nc1ccc(Cl)c(C=CCS)c1. The lowest BCUT2D eigenvalue weighted by atomic mass is 10.2. The first-order valence-corrected chi connectivity index (χ1v) is 4.57. The molecule has 3 heteroatoms. The molecule has 1 nitrogen and oxygen atoms in total. The van der Waals surface area contributed by atoms with E-state index in [9.17, 15) is 0 Å². The highest BCUT2D eigenvalue weighted by molar-refractivity contribution is 7.80. The average Bonchev–Trinajstić information content (AvgIpc) is 2.07. The Morgan fingerprint density at radius 1 is 1.50 bits per heavy atom. The average molecular weight is 200 g/mol. The van der Waals surface area contributed by atoms with Gasteiger partial charge in [0, 0.05) is 16.5 Å². The highest BCUT2D eigenvalue weighted by atomic mass is 35.5. The Morgan fingerprint density at radius 3 is 2.92 bits per heavy atom. The third-order valence-electron chi connectivity index (χ3n) is 1.42. The summed E-state index contributed by atoms with van der Waals surface area (Å²) in [5.74, 6) is 0.700. The predicted octanol–water partition coefficient (Wildman–Crippen LogP) is 2.87. The van der Waals surface area contributed by atoms with Gasteiger partial charge < -0.3 is 5.73 Å². The van der Waals surface area contributed by atoms with Crippen LogP contribution in [0.1, 0.15) is 5.56 Å². The maximum atomic E-state index is 5.90. The summed E-state index contributed by atoms with van der Waals surface area (Å²) in [6, 6.07) is 5.40. The molecule has 0 amide bonds. The number of nitrogens with two attached hydrogens (primary N) is 1. The minimum absolute atomic E-state index is 0.700. The van der Waals surface area contributed by atoms with Crippen molar-refractivity contribution in [2.24, 2.45) is 0 Å². The van der Waals surface area contributed by atoms with Crippen LogP contribution in [0.25, 0.3) is 6.08 Å². The van der Waals surface area contributed by atoms with Crippen molar-refractivity contribution in [2.45, 2.75) is 0 Å². The molecule has 12 heavy (non-hydrogen) atoms. The van der Waals surface area contributed by atoms with Crippen molar-refractivity contribution >= 4 is 36.0 Å². The fourth-order valence-corrected chi connectivity index (χ4v) is 1.16. The molecule has 0 aliphatic carbocycles. The third-order valence-corrected chi connectivity index (χ3v) is 1.98. The van der Waals surface area contributed by atoms with Crippen LogP contribution >= 0.6 is 24.2 Å². The van der Waals surface area contributed by atoms with E-state index in [2.05, 4.69) is 12.6 Å². The smallest absolute Gasteiger partial charge is 0.0479 e. The van der Waals surface area contributed by atoms with Crippen LogP contribution in [-0.4, -0.2) is 5.75 Å². The van der Waals surface area contributed by atoms with Gasteiger partial charge in [-0.25, -0.2) is 0 Å². The molecule has 64 valence electrons. The number of anilines is 1. The topological polar surface area (TPSA) is 26.0 Å². The van der Waals surface area contributed by atoms with Crippen LogP contribution in [0.5, 0.6) is 0 Å². The van der Waals surface area contributed by atoms with Crippen LogP contribution in [0.15, 0.2) is 24.3 Å². The van der Waals surface area contributed by atoms with Crippen molar-refractivity contribution in [1.29, 1.82) is 0 Å². The van der Waals surface area contributed by atoms with E-state index in [0.717, 1.165) is 11.3 Å². The number of nitrogen functional groups attached to an aromatic ring is 1. The van der Waals surface area contributed by atoms with Crippen LogP contribution in [0.3, 0.4) is 0 Å². The van der Waals surface area contributed by atoms with Gasteiger partial charge in [0.15, 0.2) is 0 Å². The molecule has 0 fully saturated rings. The van der Waals surface area contributed by atoms with E-state index in [4.69, 9.17) is 17.3 Å². The van der Waals surface area contributed by atoms with Gasteiger partial charge in [-0.3, -0.25) is 0 Å². The first-order valence-electron chi connectivity index (χ1n) is 3.56. The molecular weight excluding hydrogens is 190 g/mol. The summed E-state index contributed by atoms with van der Waals surface area (Å²) in [7, 11) is 0. The first-order chi connectivity index (χ1) is 5.74. The van der Waals surface area contributed by atoms with E-state index in [1.807, 2.05) is 18.2 Å². The maximum absolute atomic E-state index is 5.90. The Labute approximate surface area is 82.6 Å². The van der Waals surface area contributed by atoms with Crippen LogP contribution in [0, 0.1) is 0 Å². The molecule has 1 aromatic rings. The molecule has 0 aromatic heterocycles. The zero-order chi connectivity index (χ0) is 8.97. The van der Waals surface area contributed by atoms with E-state index in [-0.39, 0.29) is 0 Å². The molecule has 0 atom stereocenters. The summed E-state index contributed by atoms with van der Waals surface area (Å²) in [5.41, 5.74) is 7.24. The monoisotopic (exact) mass is 199 g/mol. The lowest BCUT2D eigenvalue weighted by Gasteiger charge is -1.98. The van der Waals surface area contributed by atoms with Crippen molar-refractivity contribution in [1.82, 2.24) is 0 Å². The molecule has 0 saturated carbocycles. The van der Waals surface area contributed by atoms with Crippen molar-refractivity contribution in [3.8, 4) is 0 Å². The molecule has 2 N–H and O–H groups in total. The number of halogens is 1. The highest BCUT2D eigenvalue weighted by Crippen LogP contribution is 2.19. The summed E-state index contributed by atoms with van der Waals surface area (Å²) in [5, 5.41) is 0.710.